The van der Waals surface area contributed by atoms with Gasteiger partial charge in [0.05, 0.1) is 0 Å². The van der Waals surface area contributed by atoms with Gasteiger partial charge in [-0.25, -0.2) is 0 Å². The predicted molar refractivity (Wildman–Crippen MR) is 67.8 cm³/mol. The number of aromatic nitrogens is 1. The summed E-state index contributed by atoms with van der Waals surface area (Å²) < 4.78 is 1.97. The molecule has 17 heavy (non-hydrogen) atoms. The van der Waals surface area contributed by atoms with Gasteiger partial charge < -0.3 is 15.6 Å². The molecule has 1 aromatic rings. The second-order valence-corrected chi connectivity index (χ2v) is 5.11. The molecular formula is C13H21N3O. The Labute approximate surface area is 102 Å². The molecule has 4 nitrogen and oxygen atoms in total. The average molecular weight is 235 g/mol. The van der Waals surface area contributed by atoms with E-state index >= 15 is 0 Å². The average Bonchev–Trinajstić information content (AvgIpc) is 3.02. The van der Waals surface area contributed by atoms with Crippen molar-refractivity contribution in [3.63, 3.8) is 0 Å². The molecule has 0 bridgehead atoms. The van der Waals surface area contributed by atoms with Crippen molar-refractivity contribution in [1.82, 2.24) is 9.88 Å². The predicted octanol–water partition coefficient (Wildman–Crippen LogP) is 1.54. The molecule has 4 heteroatoms. The summed E-state index contributed by atoms with van der Waals surface area (Å²) in [7, 11) is 0. The molecule has 94 valence electrons. The maximum absolute atomic E-state index is 12.0. The lowest BCUT2D eigenvalue weighted by atomic mass is 10.2. The summed E-state index contributed by atoms with van der Waals surface area (Å²) >= 11 is 0. The lowest BCUT2D eigenvalue weighted by molar-refractivity contribution is 0.0939. The van der Waals surface area contributed by atoms with Gasteiger partial charge in [-0.05, 0) is 44.7 Å². The van der Waals surface area contributed by atoms with Crippen molar-refractivity contribution in [2.24, 2.45) is 11.7 Å². The molecule has 0 spiro atoms. The Bertz CT molecular complexity index is 393. The van der Waals surface area contributed by atoms with E-state index in [0.717, 1.165) is 0 Å². The standard InChI is InChI=1S/C13H21N3O/c1-9(2)16-7-3-4-12(16)13(17)15-8-11(14)10-5-6-10/h3-4,7,9-11H,5-6,8,14H2,1-2H3,(H,15,17). The molecule has 0 saturated heterocycles. The van der Waals surface area contributed by atoms with Gasteiger partial charge >= 0.3 is 0 Å². The van der Waals surface area contributed by atoms with Crippen LogP contribution in [-0.4, -0.2) is 23.1 Å². The Morgan fingerprint density at radius 1 is 1.59 bits per heavy atom. The van der Waals surface area contributed by atoms with Crippen LogP contribution < -0.4 is 11.1 Å². The smallest absolute Gasteiger partial charge is 0.267 e. The summed E-state index contributed by atoms with van der Waals surface area (Å²) in [6.07, 6.45) is 4.35. The van der Waals surface area contributed by atoms with E-state index in [0.29, 0.717) is 24.2 Å². The van der Waals surface area contributed by atoms with Crippen molar-refractivity contribution in [2.45, 2.75) is 38.8 Å². The van der Waals surface area contributed by atoms with Crippen LogP contribution in [0.2, 0.25) is 0 Å². The van der Waals surface area contributed by atoms with E-state index in [2.05, 4.69) is 19.2 Å². The van der Waals surface area contributed by atoms with Crippen LogP contribution in [0.1, 0.15) is 43.2 Å². The molecule has 1 heterocycles. The molecule has 1 fully saturated rings. The second kappa shape index (κ2) is 4.92. The first-order chi connectivity index (χ1) is 8.09. The molecule has 3 N–H and O–H groups in total. The monoisotopic (exact) mass is 235 g/mol. The van der Waals surface area contributed by atoms with Crippen LogP contribution >= 0.6 is 0 Å². The Hall–Kier alpha value is -1.29. The van der Waals surface area contributed by atoms with E-state index < -0.39 is 0 Å². The summed E-state index contributed by atoms with van der Waals surface area (Å²) in [6.45, 7) is 4.70. The van der Waals surface area contributed by atoms with Crippen molar-refractivity contribution in [3.8, 4) is 0 Å². The SMILES string of the molecule is CC(C)n1cccc1C(=O)NCC(N)C1CC1. The van der Waals surface area contributed by atoms with E-state index in [1.807, 2.05) is 22.9 Å². The van der Waals surface area contributed by atoms with E-state index in [1.54, 1.807) is 0 Å². The quantitative estimate of drug-likeness (QED) is 0.813. The summed E-state index contributed by atoms with van der Waals surface area (Å²) in [6, 6.07) is 4.15. The third-order valence-corrected chi connectivity index (χ3v) is 3.29. The van der Waals surface area contributed by atoms with Gasteiger partial charge in [-0.1, -0.05) is 0 Å². The number of hydrogen-bond acceptors (Lipinski definition) is 2. The Kier molecular flexibility index (Phi) is 3.52. The van der Waals surface area contributed by atoms with Crippen LogP contribution in [-0.2, 0) is 0 Å². The van der Waals surface area contributed by atoms with Gasteiger partial charge in [0, 0.05) is 24.8 Å². The lowest BCUT2D eigenvalue weighted by Gasteiger charge is -2.15. The summed E-state index contributed by atoms with van der Waals surface area (Å²) in [5.74, 6) is 0.590. The largest absolute Gasteiger partial charge is 0.349 e. The van der Waals surface area contributed by atoms with Gasteiger partial charge in [0.1, 0.15) is 5.69 Å². The number of rotatable bonds is 5. The summed E-state index contributed by atoms with van der Waals surface area (Å²) in [5.41, 5.74) is 6.67. The molecule has 1 unspecified atom stereocenters. The normalized spacial score (nSPS) is 17.2. The van der Waals surface area contributed by atoms with Crippen LogP contribution in [0.4, 0.5) is 0 Å². The number of nitrogens with one attached hydrogen (secondary N) is 1. The van der Waals surface area contributed by atoms with Crippen molar-refractivity contribution >= 4 is 5.91 Å². The Balaban J connectivity index is 1.92. The topological polar surface area (TPSA) is 60.0 Å². The molecule has 0 aliphatic heterocycles. The van der Waals surface area contributed by atoms with Gasteiger partial charge in [-0.2, -0.15) is 0 Å². The maximum atomic E-state index is 12.0. The number of hydrogen-bond donors (Lipinski definition) is 2. The zero-order chi connectivity index (χ0) is 12.4. The molecule has 1 saturated carbocycles. The minimum Gasteiger partial charge on any atom is -0.349 e. The third kappa shape index (κ3) is 2.88. The molecule has 0 radical (unpaired) electrons. The van der Waals surface area contributed by atoms with Crippen molar-refractivity contribution < 1.29 is 4.79 Å². The first-order valence-electron chi connectivity index (χ1n) is 6.30. The van der Waals surface area contributed by atoms with Crippen molar-refractivity contribution in [3.05, 3.63) is 24.0 Å². The minimum absolute atomic E-state index is 0.0280. The molecule has 1 aliphatic rings. The van der Waals surface area contributed by atoms with E-state index in [-0.39, 0.29) is 11.9 Å². The number of amides is 1. The first-order valence-corrected chi connectivity index (χ1v) is 6.30. The highest BCUT2D eigenvalue weighted by atomic mass is 16.1. The van der Waals surface area contributed by atoms with Crippen molar-refractivity contribution in [2.75, 3.05) is 6.54 Å². The van der Waals surface area contributed by atoms with Crippen LogP contribution in [0, 0.1) is 5.92 Å². The molecule has 2 rings (SSSR count). The molecule has 1 atom stereocenters. The molecule has 1 aliphatic carbocycles. The highest BCUT2D eigenvalue weighted by Gasteiger charge is 2.28. The van der Waals surface area contributed by atoms with Gasteiger partial charge in [0.25, 0.3) is 5.91 Å². The zero-order valence-electron chi connectivity index (χ0n) is 10.5. The van der Waals surface area contributed by atoms with E-state index in [1.165, 1.54) is 12.8 Å². The Morgan fingerprint density at radius 3 is 2.88 bits per heavy atom. The molecular weight excluding hydrogens is 214 g/mol. The summed E-state index contributed by atoms with van der Waals surface area (Å²) in [5, 5.41) is 2.92. The molecule has 0 aromatic carbocycles. The lowest BCUT2D eigenvalue weighted by Crippen LogP contribution is -2.39. The van der Waals surface area contributed by atoms with Gasteiger partial charge in [-0.15, -0.1) is 0 Å². The zero-order valence-corrected chi connectivity index (χ0v) is 10.5. The van der Waals surface area contributed by atoms with E-state index in [4.69, 9.17) is 5.73 Å². The molecule has 1 aromatic heterocycles. The van der Waals surface area contributed by atoms with Crippen LogP contribution in [0.3, 0.4) is 0 Å². The van der Waals surface area contributed by atoms with Gasteiger partial charge in [0.15, 0.2) is 0 Å². The fourth-order valence-corrected chi connectivity index (χ4v) is 2.03. The van der Waals surface area contributed by atoms with Crippen LogP contribution in [0.25, 0.3) is 0 Å². The van der Waals surface area contributed by atoms with Crippen LogP contribution in [0.15, 0.2) is 18.3 Å². The number of nitrogens with two attached hydrogens (primary N) is 1. The van der Waals surface area contributed by atoms with Gasteiger partial charge in [0.2, 0.25) is 0 Å². The number of nitrogens with zero attached hydrogens (tertiary/aromatic N) is 1. The first kappa shape index (κ1) is 12.2. The second-order valence-electron chi connectivity index (χ2n) is 5.11. The fourth-order valence-electron chi connectivity index (χ4n) is 2.03. The summed E-state index contributed by atoms with van der Waals surface area (Å²) in [4.78, 5) is 12.0. The molecule has 1 amide bonds. The van der Waals surface area contributed by atoms with E-state index in [9.17, 15) is 4.79 Å². The van der Waals surface area contributed by atoms with Crippen molar-refractivity contribution in [1.29, 1.82) is 0 Å². The minimum atomic E-state index is -0.0280. The van der Waals surface area contributed by atoms with Gasteiger partial charge in [-0.3, -0.25) is 4.79 Å². The fraction of sp³-hybridized carbons (Fsp3) is 0.615. The maximum Gasteiger partial charge on any atom is 0.267 e. The Morgan fingerprint density at radius 2 is 2.29 bits per heavy atom. The number of carbonyl (C=O) groups excluding carboxylic acids is 1. The number of carbonyl (C=O) groups is 1. The third-order valence-electron chi connectivity index (χ3n) is 3.29. The highest BCUT2D eigenvalue weighted by Crippen LogP contribution is 2.31. The highest BCUT2D eigenvalue weighted by molar-refractivity contribution is 5.92. The van der Waals surface area contributed by atoms with Crippen LogP contribution in [0.5, 0.6) is 0 Å².